The summed E-state index contributed by atoms with van der Waals surface area (Å²) in [5.74, 6) is 0. The first-order valence-electron chi connectivity index (χ1n) is 5.56. The molecule has 2 heterocycles. The lowest BCUT2D eigenvalue weighted by molar-refractivity contribution is 0.593. The summed E-state index contributed by atoms with van der Waals surface area (Å²) in [5.41, 5.74) is 0.636. The summed E-state index contributed by atoms with van der Waals surface area (Å²) in [5, 5.41) is 0.990. The normalized spacial score (nSPS) is 11.8. The Bertz CT molecular complexity index is 821. The van der Waals surface area contributed by atoms with Crippen LogP contribution in [0, 0.1) is 0 Å². The second-order valence-electron chi connectivity index (χ2n) is 4.15. The first-order chi connectivity index (χ1) is 9.04. The minimum Gasteiger partial charge on any atom is -0.227 e. The summed E-state index contributed by atoms with van der Waals surface area (Å²) in [6.45, 7) is 0. The first kappa shape index (κ1) is 12.3. The minimum absolute atomic E-state index is 0.137. The molecule has 0 fully saturated rings. The SMILES string of the molecule is CS(=O)(=O)c1nccc(-c2cc3ccccc3s2)n1. The number of thiophene rings is 1. The van der Waals surface area contributed by atoms with Gasteiger partial charge in [-0.2, -0.15) is 0 Å². The standard InChI is InChI=1S/C13H10N2O2S2/c1-19(16,17)13-14-7-6-10(15-13)12-8-9-4-2-3-5-11(9)18-12/h2-8H,1H3. The van der Waals surface area contributed by atoms with E-state index in [9.17, 15) is 8.42 Å². The highest BCUT2D eigenvalue weighted by Gasteiger charge is 2.13. The fourth-order valence-electron chi connectivity index (χ4n) is 1.76. The highest BCUT2D eigenvalue weighted by atomic mass is 32.2. The maximum Gasteiger partial charge on any atom is 0.247 e. The number of sulfone groups is 1. The van der Waals surface area contributed by atoms with Gasteiger partial charge in [-0.1, -0.05) is 18.2 Å². The summed E-state index contributed by atoms with van der Waals surface area (Å²) < 4.78 is 24.1. The molecule has 2 aromatic heterocycles. The Labute approximate surface area is 114 Å². The van der Waals surface area contributed by atoms with E-state index in [2.05, 4.69) is 9.97 Å². The van der Waals surface area contributed by atoms with Crippen LogP contribution in [0.1, 0.15) is 0 Å². The predicted molar refractivity (Wildman–Crippen MR) is 76.0 cm³/mol. The Morgan fingerprint density at radius 3 is 2.68 bits per heavy atom. The molecule has 0 saturated heterocycles. The Morgan fingerprint density at radius 1 is 1.16 bits per heavy atom. The van der Waals surface area contributed by atoms with Crippen molar-refractivity contribution in [2.75, 3.05) is 6.26 Å². The average molecular weight is 290 g/mol. The van der Waals surface area contributed by atoms with Gasteiger partial charge in [-0.3, -0.25) is 0 Å². The number of rotatable bonds is 2. The molecule has 0 aliphatic rings. The Kier molecular flexibility index (Phi) is 2.83. The monoisotopic (exact) mass is 290 g/mol. The van der Waals surface area contributed by atoms with Gasteiger partial charge in [-0.25, -0.2) is 18.4 Å². The van der Waals surface area contributed by atoms with Crippen molar-refractivity contribution in [2.24, 2.45) is 0 Å². The topological polar surface area (TPSA) is 59.9 Å². The van der Waals surface area contributed by atoms with Crippen molar-refractivity contribution in [1.29, 1.82) is 0 Å². The molecule has 0 aliphatic carbocycles. The molecule has 96 valence electrons. The Morgan fingerprint density at radius 2 is 1.95 bits per heavy atom. The fourth-order valence-corrected chi connectivity index (χ4v) is 3.31. The second kappa shape index (κ2) is 4.40. The van der Waals surface area contributed by atoms with E-state index in [1.54, 1.807) is 17.4 Å². The van der Waals surface area contributed by atoms with Crippen LogP contribution in [0.5, 0.6) is 0 Å². The quantitative estimate of drug-likeness (QED) is 0.681. The van der Waals surface area contributed by atoms with E-state index in [0.29, 0.717) is 5.69 Å². The summed E-state index contributed by atoms with van der Waals surface area (Å²) in [4.78, 5) is 8.85. The van der Waals surface area contributed by atoms with Crippen LogP contribution in [0.3, 0.4) is 0 Å². The maximum atomic E-state index is 11.5. The van der Waals surface area contributed by atoms with Gasteiger partial charge in [-0.15, -0.1) is 11.3 Å². The van der Waals surface area contributed by atoms with Crippen LogP contribution in [0.25, 0.3) is 20.7 Å². The summed E-state index contributed by atoms with van der Waals surface area (Å²) >= 11 is 1.58. The van der Waals surface area contributed by atoms with E-state index >= 15 is 0 Å². The lowest BCUT2D eigenvalue weighted by Gasteiger charge is -1.99. The third kappa shape index (κ3) is 2.36. The van der Waals surface area contributed by atoms with Gasteiger partial charge in [0.2, 0.25) is 15.0 Å². The highest BCUT2D eigenvalue weighted by Crippen LogP contribution is 2.32. The molecule has 0 atom stereocenters. The van der Waals surface area contributed by atoms with Crippen molar-refractivity contribution >= 4 is 31.3 Å². The van der Waals surface area contributed by atoms with Crippen LogP contribution < -0.4 is 0 Å². The summed E-state index contributed by atoms with van der Waals surface area (Å²) in [7, 11) is -3.38. The number of hydrogen-bond donors (Lipinski definition) is 0. The van der Waals surface area contributed by atoms with E-state index in [1.807, 2.05) is 30.3 Å². The smallest absolute Gasteiger partial charge is 0.227 e. The van der Waals surface area contributed by atoms with Gasteiger partial charge in [0.15, 0.2) is 0 Å². The van der Waals surface area contributed by atoms with Crippen molar-refractivity contribution in [3.63, 3.8) is 0 Å². The van der Waals surface area contributed by atoms with Gasteiger partial charge in [0, 0.05) is 17.2 Å². The van der Waals surface area contributed by atoms with Crippen LogP contribution in [0.15, 0.2) is 47.8 Å². The van der Waals surface area contributed by atoms with E-state index < -0.39 is 9.84 Å². The zero-order valence-electron chi connectivity index (χ0n) is 10.1. The van der Waals surface area contributed by atoms with Crippen molar-refractivity contribution in [3.8, 4) is 10.6 Å². The van der Waals surface area contributed by atoms with Crippen LogP contribution in [-0.2, 0) is 9.84 Å². The molecule has 1 aromatic carbocycles. The largest absolute Gasteiger partial charge is 0.247 e. The summed E-state index contributed by atoms with van der Waals surface area (Å²) in [6.07, 6.45) is 2.58. The third-order valence-corrected chi connectivity index (χ3v) is 4.64. The number of hydrogen-bond acceptors (Lipinski definition) is 5. The molecule has 0 spiro atoms. The Hall–Kier alpha value is -1.79. The van der Waals surface area contributed by atoms with Crippen molar-refractivity contribution in [1.82, 2.24) is 9.97 Å². The van der Waals surface area contributed by atoms with Gasteiger partial charge in [0.25, 0.3) is 0 Å². The van der Waals surface area contributed by atoms with Crippen LogP contribution in [0.2, 0.25) is 0 Å². The van der Waals surface area contributed by atoms with Crippen molar-refractivity contribution in [2.45, 2.75) is 5.16 Å². The molecule has 3 aromatic rings. The highest BCUT2D eigenvalue weighted by molar-refractivity contribution is 7.90. The van der Waals surface area contributed by atoms with Gasteiger partial charge in [0.05, 0.1) is 10.6 Å². The van der Waals surface area contributed by atoms with Gasteiger partial charge < -0.3 is 0 Å². The molecule has 0 radical (unpaired) electrons. The number of aromatic nitrogens is 2. The third-order valence-electron chi connectivity index (χ3n) is 2.64. The lowest BCUT2D eigenvalue weighted by Crippen LogP contribution is -2.03. The van der Waals surface area contributed by atoms with Crippen LogP contribution >= 0.6 is 11.3 Å². The second-order valence-corrected chi connectivity index (χ2v) is 7.14. The molecule has 0 bridgehead atoms. The molecular weight excluding hydrogens is 280 g/mol. The molecule has 0 amide bonds. The molecule has 0 N–H and O–H groups in total. The van der Waals surface area contributed by atoms with E-state index in [1.165, 1.54) is 6.20 Å². The van der Waals surface area contributed by atoms with Crippen molar-refractivity contribution < 1.29 is 8.42 Å². The molecule has 19 heavy (non-hydrogen) atoms. The van der Waals surface area contributed by atoms with Gasteiger partial charge in [0.1, 0.15) is 0 Å². The van der Waals surface area contributed by atoms with E-state index in [-0.39, 0.29) is 5.16 Å². The van der Waals surface area contributed by atoms with Gasteiger partial charge >= 0.3 is 0 Å². The molecule has 4 nitrogen and oxygen atoms in total. The maximum absolute atomic E-state index is 11.5. The van der Waals surface area contributed by atoms with Gasteiger partial charge in [-0.05, 0) is 23.6 Å². The zero-order chi connectivity index (χ0) is 13.5. The van der Waals surface area contributed by atoms with Crippen molar-refractivity contribution in [3.05, 3.63) is 42.6 Å². The van der Waals surface area contributed by atoms with E-state index in [0.717, 1.165) is 21.2 Å². The zero-order valence-corrected chi connectivity index (χ0v) is 11.7. The van der Waals surface area contributed by atoms with E-state index in [4.69, 9.17) is 0 Å². The lowest BCUT2D eigenvalue weighted by atomic mass is 10.2. The fraction of sp³-hybridized carbons (Fsp3) is 0.0769. The van der Waals surface area contributed by atoms with Crippen LogP contribution in [0.4, 0.5) is 0 Å². The first-order valence-corrected chi connectivity index (χ1v) is 8.27. The Balaban J connectivity index is 2.16. The molecule has 0 aliphatic heterocycles. The molecule has 6 heteroatoms. The average Bonchev–Trinajstić information content (AvgIpc) is 2.81. The molecular formula is C13H10N2O2S2. The van der Waals surface area contributed by atoms with Crippen LogP contribution in [-0.4, -0.2) is 24.6 Å². The number of nitrogens with zero attached hydrogens (tertiary/aromatic N) is 2. The minimum atomic E-state index is -3.38. The molecule has 0 saturated carbocycles. The number of benzene rings is 1. The predicted octanol–water partition coefficient (Wildman–Crippen LogP) is 2.76. The molecule has 0 unspecified atom stereocenters. The molecule has 3 rings (SSSR count). The number of fused-ring (bicyclic) bond motifs is 1. The summed E-state index contributed by atoms with van der Waals surface area (Å²) in [6, 6.07) is 11.7.